The van der Waals surface area contributed by atoms with Crippen molar-refractivity contribution >= 4 is 29.3 Å². The van der Waals surface area contributed by atoms with E-state index in [0.29, 0.717) is 37.6 Å². The number of piperidine rings is 1. The Labute approximate surface area is 188 Å². The van der Waals surface area contributed by atoms with Crippen LogP contribution >= 0.6 is 0 Å². The summed E-state index contributed by atoms with van der Waals surface area (Å²) in [5.74, 6) is -0.241. The van der Waals surface area contributed by atoms with Gasteiger partial charge in [-0.05, 0) is 49.1 Å². The Balaban J connectivity index is 1.47. The molecule has 1 atom stereocenters. The molecule has 2 aromatic rings. The molecule has 8 heteroatoms. The zero-order valence-corrected chi connectivity index (χ0v) is 18.4. The van der Waals surface area contributed by atoms with Crippen molar-refractivity contribution in [3.8, 4) is 0 Å². The molecule has 170 valence electrons. The maximum absolute atomic E-state index is 12.7. The molecule has 1 fully saturated rings. The molecule has 5 amide bonds. The number of urea groups is 2. The molecule has 0 aromatic heterocycles. The van der Waals surface area contributed by atoms with Gasteiger partial charge in [0.2, 0.25) is 5.91 Å². The smallest absolute Gasteiger partial charge is 0.321 e. The average Bonchev–Trinajstić information content (AvgIpc) is 2.83. The second kappa shape index (κ2) is 11.7. The van der Waals surface area contributed by atoms with Crippen LogP contribution in [0.2, 0.25) is 0 Å². The van der Waals surface area contributed by atoms with Crippen molar-refractivity contribution in [3.05, 3.63) is 60.2 Å². The van der Waals surface area contributed by atoms with E-state index in [0.717, 1.165) is 24.8 Å². The lowest BCUT2D eigenvalue weighted by atomic mass is 9.97. The summed E-state index contributed by atoms with van der Waals surface area (Å²) in [5, 5.41) is 11.3. The Morgan fingerprint density at radius 1 is 0.938 bits per heavy atom. The summed E-state index contributed by atoms with van der Waals surface area (Å²) in [5.41, 5.74) is 2.32. The highest BCUT2D eigenvalue weighted by Gasteiger charge is 2.28. The maximum atomic E-state index is 12.7. The summed E-state index contributed by atoms with van der Waals surface area (Å²) in [6.07, 6.45) is 2.42. The van der Waals surface area contributed by atoms with Crippen molar-refractivity contribution in [1.29, 1.82) is 0 Å². The molecule has 3 rings (SSSR count). The molecule has 4 N–H and O–H groups in total. The number of benzene rings is 2. The Morgan fingerprint density at radius 2 is 1.62 bits per heavy atom. The fourth-order valence-corrected chi connectivity index (χ4v) is 3.56. The average molecular weight is 438 g/mol. The van der Waals surface area contributed by atoms with E-state index in [-0.39, 0.29) is 23.9 Å². The number of rotatable bonds is 7. The number of hydrogen-bond donors (Lipinski definition) is 4. The first kappa shape index (κ1) is 23.1. The molecular weight excluding hydrogens is 406 g/mol. The van der Waals surface area contributed by atoms with Crippen LogP contribution < -0.4 is 21.3 Å². The van der Waals surface area contributed by atoms with Crippen LogP contribution in [-0.4, -0.2) is 42.5 Å². The first-order valence-corrected chi connectivity index (χ1v) is 11.1. The molecule has 0 aliphatic carbocycles. The fourth-order valence-electron chi connectivity index (χ4n) is 3.56. The summed E-state index contributed by atoms with van der Waals surface area (Å²) in [6, 6.07) is 16.2. The van der Waals surface area contributed by atoms with Crippen LogP contribution in [0.1, 0.15) is 31.7 Å². The second-order valence-electron chi connectivity index (χ2n) is 7.88. The van der Waals surface area contributed by atoms with E-state index in [1.54, 1.807) is 29.2 Å². The van der Waals surface area contributed by atoms with Gasteiger partial charge in [0, 0.05) is 37.6 Å². The van der Waals surface area contributed by atoms with E-state index in [9.17, 15) is 14.4 Å². The molecule has 2 aromatic carbocycles. The first-order valence-electron chi connectivity index (χ1n) is 11.1. The number of carbonyl (C=O) groups excluding carboxylic acids is 3. The molecule has 0 bridgehead atoms. The molecule has 8 nitrogen and oxygen atoms in total. The summed E-state index contributed by atoms with van der Waals surface area (Å²) in [7, 11) is 0. The summed E-state index contributed by atoms with van der Waals surface area (Å²) >= 11 is 0. The van der Waals surface area contributed by atoms with Gasteiger partial charge >= 0.3 is 12.1 Å². The van der Waals surface area contributed by atoms with Gasteiger partial charge in [0.05, 0.1) is 5.92 Å². The lowest BCUT2D eigenvalue weighted by Crippen LogP contribution is -2.46. The maximum Gasteiger partial charge on any atom is 0.321 e. The predicted molar refractivity (Wildman–Crippen MR) is 125 cm³/mol. The van der Waals surface area contributed by atoms with Crippen LogP contribution in [0.3, 0.4) is 0 Å². The Morgan fingerprint density at radius 3 is 2.31 bits per heavy atom. The van der Waals surface area contributed by atoms with Crippen molar-refractivity contribution in [2.24, 2.45) is 5.92 Å². The van der Waals surface area contributed by atoms with Crippen molar-refractivity contribution < 1.29 is 14.4 Å². The van der Waals surface area contributed by atoms with Crippen LogP contribution in [0, 0.1) is 5.92 Å². The van der Waals surface area contributed by atoms with E-state index >= 15 is 0 Å². The molecule has 1 aliphatic heterocycles. The van der Waals surface area contributed by atoms with Gasteiger partial charge in [-0.3, -0.25) is 4.79 Å². The van der Waals surface area contributed by atoms with Gasteiger partial charge < -0.3 is 26.2 Å². The van der Waals surface area contributed by atoms with Crippen LogP contribution in [0.4, 0.5) is 21.0 Å². The van der Waals surface area contributed by atoms with Crippen LogP contribution in [-0.2, 0) is 11.3 Å². The van der Waals surface area contributed by atoms with Gasteiger partial charge in [-0.2, -0.15) is 0 Å². The second-order valence-corrected chi connectivity index (χ2v) is 7.88. The Kier molecular flexibility index (Phi) is 8.48. The van der Waals surface area contributed by atoms with E-state index < -0.39 is 0 Å². The van der Waals surface area contributed by atoms with Crippen LogP contribution in [0.25, 0.3) is 0 Å². The quantitative estimate of drug-likeness (QED) is 0.530. The largest absolute Gasteiger partial charge is 0.352 e. The Hall–Kier alpha value is -3.55. The summed E-state index contributed by atoms with van der Waals surface area (Å²) in [4.78, 5) is 38.7. The number of amides is 5. The lowest BCUT2D eigenvalue weighted by molar-refractivity contribution is -0.126. The molecule has 0 spiro atoms. The minimum absolute atomic E-state index is 0.0249. The molecule has 32 heavy (non-hydrogen) atoms. The topological polar surface area (TPSA) is 103 Å². The third-order valence-electron chi connectivity index (χ3n) is 5.32. The van der Waals surface area contributed by atoms with E-state index in [1.165, 1.54) is 0 Å². The first-order chi connectivity index (χ1) is 15.5. The van der Waals surface area contributed by atoms with Gasteiger partial charge in [0.15, 0.2) is 0 Å². The van der Waals surface area contributed by atoms with Gasteiger partial charge in [-0.15, -0.1) is 0 Å². The number of likely N-dealkylation sites (tertiary alicyclic amines) is 1. The van der Waals surface area contributed by atoms with Gasteiger partial charge in [-0.1, -0.05) is 37.3 Å². The molecule has 1 heterocycles. The van der Waals surface area contributed by atoms with Crippen molar-refractivity contribution in [3.63, 3.8) is 0 Å². The van der Waals surface area contributed by atoms with Crippen molar-refractivity contribution in [1.82, 2.24) is 15.5 Å². The third-order valence-corrected chi connectivity index (χ3v) is 5.32. The standard InChI is InChI=1S/C24H31N5O3/c1-2-14-25-23(31)27-20-10-12-21(13-11-20)28-24(32)29-15-6-9-19(17-29)22(30)26-16-18-7-4-3-5-8-18/h3-5,7-8,10-13,19H,2,6,9,14-17H2,1H3,(H,26,30)(H,28,32)(H2,25,27,31)/t19-/m0/s1. The molecule has 0 saturated carbocycles. The molecule has 0 unspecified atom stereocenters. The highest BCUT2D eigenvalue weighted by Crippen LogP contribution is 2.19. The number of nitrogens with one attached hydrogen (secondary N) is 4. The normalized spacial score (nSPS) is 15.5. The number of nitrogens with zero attached hydrogens (tertiary/aromatic N) is 1. The molecular formula is C24H31N5O3. The predicted octanol–water partition coefficient (Wildman–Crippen LogP) is 3.78. The molecule has 1 saturated heterocycles. The summed E-state index contributed by atoms with van der Waals surface area (Å²) in [6.45, 7) is 4.09. The molecule has 0 radical (unpaired) electrons. The van der Waals surface area contributed by atoms with E-state index in [4.69, 9.17) is 0 Å². The van der Waals surface area contributed by atoms with Crippen LogP contribution in [0.15, 0.2) is 54.6 Å². The highest BCUT2D eigenvalue weighted by atomic mass is 16.2. The van der Waals surface area contributed by atoms with E-state index in [2.05, 4.69) is 21.3 Å². The monoisotopic (exact) mass is 437 g/mol. The number of carbonyl (C=O) groups is 3. The third kappa shape index (κ3) is 7.01. The zero-order valence-electron chi connectivity index (χ0n) is 18.4. The number of hydrogen-bond acceptors (Lipinski definition) is 3. The van der Waals surface area contributed by atoms with Gasteiger partial charge in [0.25, 0.3) is 0 Å². The van der Waals surface area contributed by atoms with Gasteiger partial charge in [-0.25, -0.2) is 9.59 Å². The lowest BCUT2D eigenvalue weighted by Gasteiger charge is -2.32. The SMILES string of the molecule is CCCNC(=O)Nc1ccc(NC(=O)N2CCC[C@H](C(=O)NCc3ccccc3)C2)cc1. The van der Waals surface area contributed by atoms with Crippen LogP contribution in [0.5, 0.6) is 0 Å². The fraction of sp³-hybridized carbons (Fsp3) is 0.375. The van der Waals surface area contributed by atoms with Gasteiger partial charge in [0.1, 0.15) is 0 Å². The van der Waals surface area contributed by atoms with Crippen molar-refractivity contribution in [2.75, 3.05) is 30.3 Å². The summed E-state index contributed by atoms with van der Waals surface area (Å²) < 4.78 is 0. The van der Waals surface area contributed by atoms with Crippen molar-refractivity contribution in [2.45, 2.75) is 32.7 Å². The Bertz CT molecular complexity index is 902. The van der Waals surface area contributed by atoms with E-state index in [1.807, 2.05) is 37.3 Å². The molecule has 1 aliphatic rings. The zero-order chi connectivity index (χ0) is 22.8. The minimum atomic E-state index is -0.256. The number of anilines is 2. The minimum Gasteiger partial charge on any atom is -0.352 e. The highest BCUT2D eigenvalue weighted by molar-refractivity contribution is 5.92.